The van der Waals surface area contributed by atoms with E-state index in [0.717, 1.165) is 0 Å². The lowest BCUT2D eigenvalue weighted by atomic mass is 10.2. The van der Waals surface area contributed by atoms with Crippen LogP contribution in [0.15, 0.2) is 12.1 Å². The van der Waals surface area contributed by atoms with Crippen LogP contribution in [0.4, 0.5) is 0 Å². The second kappa shape index (κ2) is 5.23. The third-order valence-corrected chi connectivity index (χ3v) is 8.22. The van der Waals surface area contributed by atoms with Gasteiger partial charge in [-0.25, -0.2) is 0 Å². The van der Waals surface area contributed by atoms with Gasteiger partial charge in [0.2, 0.25) is 0 Å². The number of benzene rings is 1. The Kier molecular flexibility index (Phi) is 4.52. The summed E-state index contributed by atoms with van der Waals surface area (Å²) in [6, 6.07) is 3.20. The van der Waals surface area contributed by atoms with E-state index < -0.39 is 8.32 Å². The molecule has 5 heteroatoms. The van der Waals surface area contributed by atoms with Crippen LogP contribution in [-0.4, -0.2) is 14.6 Å². The number of carbonyl (C=O) groups is 1. The van der Waals surface area contributed by atoms with Crippen molar-refractivity contribution in [2.24, 2.45) is 0 Å². The molecule has 0 heterocycles. The van der Waals surface area contributed by atoms with Gasteiger partial charge in [0.05, 0.1) is 10.6 Å². The van der Waals surface area contributed by atoms with Crippen molar-refractivity contribution in [3.63, 3.8) is 0 Å². The topological polar surface area (TPSA) is 26.3 Å². The van der Waals surface area contributed by atoms with E-state index in [1.807, 2.05) is 0 Å². The smallest absolute Gasteiger partial charge is 0.250 e. The molecule has 0 aliphatic carbocycles. The standard InChI is InChI=1S/C13H18Cl2O2Si/c1-13(2,3)18(4,5)17-12-7-9(14)6-11(15)10(12)8-16/h6-8H,1-5H3. The fourth-order valence-corrected chi connectivity index (χ4v) is 2.73. The van der Waals surface area contributed by atoms with E-state index in [9.17, 15) is 4.79 Å². The van der Waals surface area contributed by atoms with Crippen LogP contribution in [0, 0.1) is 0 Å². The van der Waals surface area contributed by atoms with Crippen LogP contribution in [0.3, 0.4) is 0 Å². The van der Waals surface area contributed by atoms with Gasteiger partial charge in [0.15, 0.2) is 6.29 Å². The summed E-state index contributed by atoms with van der Waals surface area (Å²) in [7, 11) is -2.02. The molecule has 0 saturated heterocycles. The molecule has 100 valence electrons. The Hall–Kier alpha value is -0.513. The maximum Gasteiger partial charge on any atom is 0.250 e. The van der Waals surface area contributed by atoms with E-state index in [2.05, 4.69) is 33.9 Å². The highest BCUT2D eigenvalue weighted by molar-refractivity contribution is 6.74. The van der Waals surface area contributed by atoms with Crippen LogP contribution in [-0.2, 0) is 0 Å². The van der Waals surface area contributed by atoms with Crippen LogP contribution in [0.5, 0.6) is 5.75 Å². The summed E-state index contributed by atoms with van der Waals surface area (Å²) in [6.45, 7) is 10.6. The number of rotatable bonds is 3. The van der Waals surface area contributed by atoms with E-state index in [-0.39, 0.29) is 5.04 Å². The Bertz CT molecular complexity index is 465. The summed E-state index contributed by atoms with van der Waals surface area (Å²) in [5.41, 5.74) is 0.367. The molecule has 0 radical (unpaired) electrons. The SMILES string of the molecule is CC(C)(C)[Si](C)(C)Oc1cc(Cl)cc(Cl)c1C=O. The Morgan fingerprint density at radius 2 is 1.78 bits per heavy atom. The molecular formula is C13H18Cl2O2Si. The average molecular weight is 305 g/mol. The Morgan fingerprint density at radius 1 is 1.22 bits per heavy atom. The molecule has 0 amide bonds. The van der Waals surface area contributed by atoms with E-state index in [1.165, 1.54) is 0 Å². The molecule has 0 aliphatic rings. The highest BCUT2D eigenvalue weighted by atomic mass is 35.5. The molecule has 0 N–H and O–H groups in total. The summed E-state index contributed by atoms with van der Waals surface area (Å²) in [5, 5.41) is 0.840. The van der Waals surface area contributed by atoms with Crippen molar-refractivity contribution in [1.29, 1.82) is 0 Å². The molecular weight excluding hydrogens is 287 g/mol. The monoisotopic (exact) mass is 304 g/mol. The van der Waals surface area contributed by atoms with Gasteiger partial charge in [-0.05, 0) is 30.3 Å². The fraction of sp³-hybridized carbons (Fsp3) is 0.462. The summed E-state index contributed by atoms with van der Waals surface area (Å²) >= 11 is 12.0. The molecule has 0 unspecified atom stereocenters. The first-order valence-corrected chi connectivity index (χ1v) is 9.38. The molecule has 0 bridgehead atoms. The highest BCUT2D eigenvalue weighted by Crippen LogP contribution is 2.39. The molecule has 1 rings (SSSR count). The van der Waals surface area contributed by atoms with Crippen LogP contribution < -0.4 is 4.43 Å². The molecule has 18 heavy (non-hydrogen) atoms. The van der Waals surface area contributed by atoms with Gasteiger partial charge in [0.25, 0.3) is 8.32 Å². The largest absolute Gasteiger partial charge is 0.543 e. The molecule has 0 spiro atoms. The summed E-state index contributed by atoms with van der Waals surface area (Å²) in [4.78, 5) is 11.1. The molecule has 0 aliphatic heterocycles. The zero-order valence-corrected chi connectivity index (χ0v) is 13.8. The van der Waals surface area contributed by atoms with Gasteiger partial charge in [-0.1, -0.05) is 44.0 Å². The Balaban J connectivity index is 3.23. The van der Waals surface area contributed by atoms with Gasteiger partial charge in [-0.15, -0.1) is 0 Å². The second-order valence-electron chi connectivity index (χ2n) is 5.78. The minimum Gasteiger partial charge on any atom is -0.543 e. The number of aldehydes is 1. The molecule has 1 aromatic carbocycles. The highest BCUT2D eigenvalue weighted by Gasteiger charge is 2.39. The van der Waals surface area contributed by atoms with Crippen molar-refractivity contribution in [3.05, 3.63) is 27.7 Å². The third kappa shape index (κ3) is 3.28. The maximum atomic E-state index is 11.1. The minimum absolute atomic E-state index is 0.0436. The summed E-state index contributed by atoms with van der Waals surface area (Å²) in [6.07, 6.45) is 0.709. The number of carbonyl (C=O) groups excluding carboxylic acids is 1. The average Bonchev–Trinajstić information content (AvgIpc) is 2.14. The first-order chi connectivity index (χ1) is 8.08. The summed E-state index contributed by atoms with van der Waals surface area (Å²) in [5.74, 6) is 0.481. The first-order valence-electron chi connectivity index (χ1n) is 5.72. The van der Waals surface area contributed by atoms with Gasteiger partial charge in [0.1, 0.15) is 5.75 Å². The minimum atomic E-state index is -2.02. The van der Waals surface area contributed by atoms with Gasteiger partial charge in [-0.2, -0.15) is 0 Å². The zero-order chi connectivity index (χ0) is 14.1. The second-order valence-corrected chi connectivity index (χ2v) is 11.3. The van der Waals surface area contributed by atoms with Crippen molar-refractivity contribution < 1.29 is 9.22 Å². The Morgan fingerprint density at radius 3 is 2.22 bits per heavy atom. The van der Waals surface area contributed by atoms with E-state index >= 15 is 0 Å². The predicted octanol–water partition coefficient (Wildman–Crippen LogP) is 5.19. The lowest BCUT2D eigenvalue weighted by molar-refractivity contribution is 0.112. The fourth-order valence-electron chi connectivity index (χ4n) is 1.19. The van der Waals surface area contributed by atoms with E-state index in [1.54, 1.807) is 12.1 Å². The van der Waals surface area contributed by atoms with Crippen LogP contribution in [0.25, 0.3) is 0 Å². The van der Waals surface area contributed by atoms with Crippen LogP contribution in [0.1, 0.15) is 31.1 Å². The maximum absolute atomic E-state index is 11.1. The molecule has 0 aromatic heterocycles. The molecule has 0 saturated carbocycles. The van der Waals surface area contributed by atoms with Crippen molar-refractivity contribution in [3.8, 4) is 5.75 Å². The van der Waals surface area contributed by atoms with E-state index in [0.29, 0.717) is 27.6 Å². The molecule has 1 aromatic rings. The van der Waals surface area contributed by atoms with Gasteiger partial charge in [-0.3, -0.25) is 4.79 Å². The number of hydrogen-bond donors (Lipinski definition) is 0. The molecule has 2 nitrogen and oxygen atoms in total. The molecule has 0 atom stereocenters. The number of halogens is 2. The quantitative estimate of drug-likeness (QED) is 0.567. The van der Waals surface area contributed by atoms with Gasteiger partial charge in [0, 0.05) is 5.02 Å². The predicted molar refractivity (Wildman–Crippen MR) is 79.7 cm³/mol. The lowest BCUT2D eigenvalue weighted by Gasteiger charge is -2.36. The van der Waals surface area contributed by atoms with Gasteiger partial charge >= 0.3 is 0 Å². The third-order valence-electron chi connectivity index (χ3n) is 3.35. The van der Waals surface area contributed by atoms with E-state index in [4.69, 9.17) is 27.6 Å². The number of hydrogen-bond acceptors (Lipinski definition) is 2. The van der Waals surface area contributed by atoms with Crippen LogP contribution >= 0.6 is 23.2 Å². The molecule has 0 fully saturated rings. The zero-order valence-electron chi connectivity index (χ0n) is 11.3. The van der Waals surface area contributed by atoms with Crippen molar-refractivity contribution >= 4 is 37.8 Å². The van der Waals surface area contributed by atoms with Crippen molar-refractivity contribution in [1.82, 2.24) is 0 Å². The Labute approximate surface area is 119 Å². The first kappa shape index (κ1) is 15.5. The van der Waals surface area contributed by atoms with Crippen molar-refractivity contribution in [2.45, 2.75) is 38.9 Å². The normalized spacial score (nSPS) is 12.4. The lowest BCUT2D eigenvalue weighted by Crippen LogP contribution is -2.44. The van der Waals surface area contributed by atoms with Crippen molar-refractivity contribution in [2.75, 3.05) is 0 Å². The van der Waals surface area contributed by atoms with Crippen LogP contribution in [0.2, 0.25) is 28.2 Å². The summed E-state index contributed by atoms with van der Waals surface area (Å²) < 4.78 is 6.09. The van der Waals surface area contributed by atoms with Gasteiger partial charge < -0.3 is 4.43 Å².